The first kappa shape index (κ1) is 10.4. The van der Waals surface area contributed by atoms with E-state index in [9.17, 15) is 0 Å². The lowest BCUT2D eigenvalue weighted by Crippen LogP contribution is -2.08. The van der Waals surface area contributed by atoms with Crippen molar-refractivity contribution in [2.24, 2.45) is 5.92 Å². The fourth-order valence-electron chi connectivity index (χ4n) is 2.13. The van der Waals surface area contributed by atoms with Crippen LogP contribution in [-0.2, 0) is 4.74 Å². The molecule has 13 heavy (non-hydrogen) atoms. The lowest BCUT2D eigenvalue weighted by Gasteiger charge is -2.23. The fourth-order valence-corrected chi connectivity index (χ4v) is 2.13. The van der Waals surface area contributed by atoms with Crippen molar-refractivity contribution in [3.63, 3.8) is 0 Å². The summed E-state index contributed by atoms with van der Waals surface area (Å²) >= 11 is 0. The Labute approximate surface area is 81.5 Å². The molecule has 0 amide bonds. The van der Waals surface area contributed by atoms with Crippen LogP contribution in [0, 0.1) is 5.92 Å². The van der Waals surface area contributed by atoms with Crippen molar-refractivity contribution in [3.8, 4) is 0 Å². The van der Waals surface area contributed by atoms with Gasteiger partial charge in [0.1, 0.15) is 0 Å². The van der Waals surface area contributed by atoms with Crippen LogP contribution in [0.3, 0.4) is 0 Å². The average Bonchev–Trinajstić information content (AvgIpc) is 2.04. The summed E-state index contributed by atoms with van der Waals surface area (Å²) in [7, 11) is 1.73. The smallest absolute Gasteiger partial charge is 0.0816 e. The van der Waals surface area contributed by atoms with E-state index in [2.05, 4.69) is 13.5 Å². The number of ether oxygens (including phenoxy) is 1. The second-order valence-corrected chi connectivity index (χ2v) is 4.14. The molecule has 1 heteroatoms. The van der Waals surface area contributed by atoms with E-state index in [0.29, 0.717) is 0 Å². The summed E-state index contributed by atoms with van der Waals surface area (Å²) in [4.78, 5) is 0. The molecule has 0 saturated heterocycles. The van der Waals surface area contributed by atoms with Gasteiger partial charge in [0.2, 0.25) is 0 Å². The summed E-state index contributed by atoms with van der Waals surface area (Å²) in [6.45, 7) is 6.09. The van der Waals surface area contributed by atoms with Gasteiger partial charge in [-0.1, -0.05) is 5.57 Å². The van der Waals surface area contributed by atoms with Crippen LogP contribution in [0.5, 0.6) is 0 Å². The molecule has 1 atom stereocenters. The molecule has 1 aliphatic rings. The molecule has 1 saturated carbocycles. The Morgan fingerprint density at radius 3 is 3.08 bits per heavy atom. The largest absolute Gasteiger partial charge is 0.504 e. The van der Waals surface area contributed by atoms with E-state index in [1.807, 2.05) is 6.26 Å². The third-order valence-corrected chi connectivity index (χ3v) is 2.58. The van der Waals surface area contributed by atoms with Crippen LogP contribution in [0.25, 0.3) is 0 Å². The van der Waals surface area contributed by atoms with E-state index in [1.165, 1.54) is 43.3 Å². The Kier molecular flexibility index (Phi) is 4.07. The van der Waals surface area contributed by atoms with Gasteiger partial charge in [-0.25, -0.2) is 0 Å². The molecular formula is C12H20O. The fraction of sp³-hybridized carbons (Fsp3) is 0.667. The van der Waals surface area contributed by atoms with Crippen molar-refractivity contribution in [1.29, 1.82) is 0 Å². The maximum atomic E-state index is 5.05. The van der Waals surface area contributed by atoms with Crippen molar-refractivity contribution in [1.82, 2.24) is 0 Å². The van der Waals surface area contributed by atoms with E-state index < -0.39 is 0 Å². The molecule has 0 radical (unpaired) electrons. The maximum absolute atomic E-state index is 5.05. The van der Waals surface area contributed by atoms with Crippen LogP contribution in [-0.4, -0.2) is 7.11 Å². The molecule has 74 valence electrons. The summed E-state index contributed by atoms with van der Waals surface area (Å²) in [6, 6.07) is 0. The Morgan fingerprint density at radius 2 is 2.46 bits per heavy atom. The molecule has 0 aromatic rings. The number of allylic oxidation sites excluding steroid dienone is 2. The molecule has 1 nitrogen and oxygen atoms in total. The highest BCUT2D eigenvalue weighted by Crippen LogP contribution is 2.31. The molecule has 0 heterocycles. The average molecular weight is 180 g/mol. The second-order valence-electron chi connectivity index (χ2n) is 4.14. The normalized spacial score (nSPS) is 26.0. The van der Waals surface area contributed by atoms with Crippen LogP contribution in [0.4, 0.5) is 0 Å². The lowest BCUT2D eigenvalue weighted by atomic mass is 9.83. The summed E-state index contributed by atoms with van der Waals surface area (Å²) in [6.07, 6.45) is 8.20. The lowest BCUT2D eigenvalue weighted by molar-refractivity contribution is 0.319. The predicted octanol–water partition coefficient (Wildman–Crippen LogP) is 3.67. The van der Waals surface area contributed by atoms with Gasteiger partial charge in [0.05, 0.1) is 13.4 Å². The first-order chi connectivity index (χ1) is 6.22. The van der Waals surface area contributed by atoms with Gasteiger partial charge in [-0.3, -0.25) is 0 Å². The Balaban J connectivity index is 2.42. The minimum atomic E-state index is 0.813. The summed E-state index contributed by atoms with van der Waals surface area (Å²) in [5, 5.41) is 0. The Morgan fingerprint density at radius 1 is 1.69 bits per heavy atom. The number of rotatable bonds is 3. The number of methoxy groups -OCH3 is 1. The maximum Gasteiger partial charge on any atom is 0.0816 e. The quantitative estimate of drug-likeness (QED) is 0.475. The third-order valence-electron chi connectivity index (χ3n) is 2.58. The van der Waals surface area contributed by atoms with Gasteiger partial charge >= 0.3 is 0 Å². The molecule has 0 aliphatic heterocycles. The van der Waals surface area contributed by atoms with Gasteiger partial charge in [0.25, 0.3) is 0 Å². The molecular weight excluding hydrogens is 160 g/mol. The molecule has 0 aromatic carbocycles. The Hall–Kier alpha value is -0.720. The zero-order chi connectivity index (χ0) is 9.68. The number of hydrogen-bond donors (Lipinski definition) is 0. The monoisotopic (exact) mass is 180 g/mol. The SMILES string of the molecule is C=C(C)CC1CCC/C(=C/OC)C1. The van der Waals surface area contributed by atoms with Gasteiger partial charge < -0.3 is 4.74 Å². The summed E-state index contributed by atoms with van der Waals surface area (Å²) in [5.74, 6) is 0.813. The molecule has 1 rings (SSSR count). The van der Waals surface area contributed by atoms with E-state index in [-0.39, 0.29) is 0 Å². The van der Waals surface area contributed by atoms with Gasteiger partial charge in [0.15, 0.2) is 0 Å². The van der Waals surface area contributed by atoms with Gasteiger partial charge in [-0.15, -0.1) is 6.58 Å². The predicted molar refractivity (Wildman–Crippen MR) is 56.5 cm³/mol. The highest BCUT2D eigenvalue weighted by Gasteiger charge is 2.16. The minimum absolute atomic E-state index is 0.813. The first-order valence-electron chi connectivity index (χ1n) is 5.07. The standard InChI is InChI=1S/C12H20O/c1-10(2)7-11-5-4-6-12(8-11)9-13-3/h9,11H,1,4-8H2,2-3H3/b12-9-. The van der Waals surface area contributed by atoms with Crippen molar-refractivity contribution in [3.05, 3.63) is 24.0 Å². The molecule has 0 N–H and O–H groups in total. The van der Waals surface area contributed by atoms with E-state index in [4.69, 9.17) is 4.74 Å². The van der Waals surface area contributed by atoms with Gasteiger partial charge in [-0.2, -0.15) is 0 Å². The van der Waals surface area contributed by atoms with Crippen LogP contribution in [0.1, 0.15) is 39.0 Å². The van der Waals surface area contributed by atoms with E-state index >= 15 is 0 Å². The second kappa shape index (κ2) is 5.11. The molecule has 1 aliphatic carbocycles. The van der Waals surface area contributed by atoms with Gasteiger partial charge in [0, 0.05) is 0 Å². The van der Waals surface area contributed by atoms with Crippen molar-refractivity contribution in [2.75, 3.05) is 7.11 Å². The molecule has 0 aromatic heterocycles. The highest BCUT2D eigenvalue weighted by atomic mass is 16.5. The van der Waals surface area contributed by atoms with E-state index in [1.54, 1.807) is 7.11 Å². The van der Waals surface area contributed by atoms with Crippen LogP contribution in [0.2, 0.25) is 0 Å². The molecule has 0 bridgehead atoms. The van der Waals surface area contributed by atoms with Crippen molar-refractivity contribution < 1.29 is 4.74 Å². The first-order valence-corrected chi connectivity index (χ1v) is 5.07. The minimum Gasteiger partial charge on any atom is -0.504 e. The zero-order valence-corrected chi connectivity index (χ0v) is 8.81. The van der Waals surface area contributed by atoms with Crippen LogP contribution in [0.15, 0.2) is 24.0 Å². The highest BCUT2D eigenvalue weighted by molar-refractivity contribution is 5.05. The summed E-state index contributed by atoms with van der Waals surface area (Å²) < 4.78 is 5.05. The topological polar surface area (TPSA) is 9.23 Å². The van der Waals surface area contributed by atoms with Crippen molar-refractivity contribution in [2.45, 2.75) is 39.0 Å². The van der Waals surface area contributed by atoms with E-state index in [0.717, 1.165) is 5.92 Å². The third kappa shape index (κ3) is 3.67. The summed E-state index contributed by atoms with van der Waals surface area (Å²) in [5.41, 5.74) is 2.78. The van der Waals surface area contributed by atoms with Crippen LogP contribution < -0.4 is 0 Å². The van der Waals surface area contributed by atoms with Gasteiger partial charge in [-0.05, 0) is 50.5 Å². The van der Waals surface area contributed by atoms with Crippen LogP contribution >= 0.6 is 0 Å². The van der Waals surface area contributed by atoms with Crippen molar-refractivity contribution >= 4 is 0 Å². The zero-order valence-electron chi connectivity index (χ0n) is 8.81. The molecule has 0 spiro atoms. The number of hydrogen-bond acceptors (Lipinski definition) is 1. The molecule has 1 unspecified atom stereocenters. The Bertz CT molecular complexity index is 203. The molecule has 1 fully saturated rings.